The summed E-state index contributed by atoms with van der Waals surface area (Å²) in [7, 11) is 0. The number of benzene rings is 5. The lowest BCUT2D eigenvalue weighted by molar-refractivity contribution is -0.132. The second kappa shape index (κ2) is 16.4. The van der Waals surface area contributed by atoms with Crippen LogP contribution in [0, 0.1) is 17.9 Å². The van der Waals surface area contributed by atoms with E-state index in [9.17, 15) is 24.4 Å². The van der Waals surface area contributed by atoms with Crippen LogP contribution in [-0.2, 0) is 19.2 Å². The number of nitriles is 1. The van der Waals surface area contributed by atoms with Crippen LogP contribution in [0.4, 0.5) is 51.2 Å². The Labute approximate surface area is 298 Å². The Bertz CT molecular complexity index is 2090. The highest BCUT2D eigenvalue weighted by Crippen LogP contribution is 2.40. The van der Waals surface area contributed by atoms with Gasteiger partial charge in [-0.1, -0.05) is 12.1 Å². The Kier molecular flexibility index (Phi) is 11.2. The average Bonchev–Trinajstić information content (AvgIpc) is 3.16. The molecule has 5 rings (SSSR count). The molecule has 12 heteroatoms. The number of hydrogen-bond donors (Lipinski definition) is 4. The first-order valence-corrected chi connectivity index (χ1v) is 15.5. The Balaban J connectivity index is 1.51. The molecule has 4 N–H and O–H groups in total. The molecule has 0 radical (unpaired) electrons. The molecule has 0 atom stereocenters. The van der Waals surface area contributed by atoms with Crippen LogP contribution in [0.15, 0.2) is 146 Å². The molecular formula is C40H28N6O6. The zero-order chi connectivity index (χ0) is 37.0. The molecule has 0 aliphatic carbocycles. The smallest absolute Gasteiger partial charge is 0.328 e. The minimum Gasteiger partial charge on any atom is -0.478 e. The van der Waals surface area contributed by atoms with Crippen molar-refractivity contribution in [1.82, 2.24) is 0 Å². The third-order valence-corrected chi connectivity index (χ3v) is 7.40. The van der Waals surface area contributed by atoms with Crippen molar-refractivity contribution in [3.8, 4) is 6.07 Å². The van der Waals surface area contributed by atoms with Gasteiger partial charge >= 0.3 is 11.9 Å². The summed E-state index contributed by atoms with van der Waals surface area (Å²) in [6.07, 6.45) is 3.33. The number of anilines is 8. The van der Waals surface area contributed by atoms with E-state index in [4.69, 9.17) is 16.8 Å². The van der Waals surface area contributed by atoms with Crippen LogP contribution in [0.25, 0.3) is 4.85 Å². The zero-order valence-corrected chi connectivity index (χ0v) is 27.2. The fraction of sp³-hybridized carbons (Fsp3) is 0. The van der Waals surface area contributed by atoms with Gasteiger partial charge in [0, 0.05) is 69.8 Å². The summed E-state index contributed by atoms with van der Waals surface area (Å²) < 4.78 is 0. The Morgan fingerprint density at radius 3 is 1.15 bits per heavy atom. The number of aliphatic carboxylic acids is 2. The van der Waals surface area contributed by atoms with E-state index in [1.807, 2.05) is 58.3 Å². The molecule has 0 aliphatic heterocycles. The third kappa shape index (κ3) is 9.14. The second-order valence-electron chi connectivity index (χ2n) is 10.9. The quantitative estimate of drug-likeness (QED) is 0.0746. The molecule has 5 aromatic carbocycles. The lowest BCUT2D eigenvalue weighted by Crippen LogP contribution is -2.13. The van der Waals surface area contributed by atoms with Gasteiger partial charge in [0.1, 0.15) is 0 Å². The maximum atomic E-state index is 12.2. The molecule has 0 unspecified atom stereocenters. The van der Waals surface area contributed by atoms with E-state index in [1.165, 1.54) is 0 Å². The highest BCUT2D eigenvalue weighted by molar-refractivity contribution is 6.03. The van der Waals surface area contributed by atoms with Gasteiger partial charge in [-0.3, -0.25) is 9.59 Å². The summed E-state index contributed by atoms with van der Waals surface area (Å²) in [6, 6.07) is 37.9. The third-order valence-electron chi connectivity index (χ3n) is 7.40. The first-order chi connectivity index (χ1) is 25.1. The summed E-state index contributed by atoms with van der Waals surface area (Å²) in [5.41, 5.74) is 6.43. The van der Waals surface area contributed by atoms with E-state index in [0.29, 0.717) is 34.0 Å². The molecule has 5 aromatic rings. The van der Waals surface area contributed by atoms with Crippen molar-refractivity contribution >= 4 is 74.9 Å². The lowest BCUT2D eigenvalue weighted by atomic mass is 10.1. The summed E-state index contributed by atoms with van der Waals surface area (Å²) in [6.45, 7) is 7.34. The second-order valence-corrected chi connectivity index (χ2v) is 10.9. The number of carboxylic acid groups (broad SMARTS) is 2. The Morgan fingerprint density at radius 1 is 0.538 bits per heavy atom. The monoisotopic (exact) mass is 688 g/mol. The van der Waals surface area contributed by atoms with Gasteiger partial charge in [0.15, 0.2) is 5.69 Å². The van der Waals surface area contributed by atoms with Gasteiger partial charge in [0.2, 0.25) is 11.8 Å². The number of nitrogens with zero attached hydrogens (tertiary/aromatic N) is 4. The zero-order valence-electron chi connectivity index (χ0n) is 27.2. The van der Waals surface area contributed by atoms with E-state index in [2.05, 4.69) is 21.5 Å². The number of carbonyl (C=O) groups is 4. The molecule has 0 aromatic heterocycles. The van der Waals surface area contributed by atoms with E-state index in [-0.39, 0.29) is 0 Å². The SMILES string of the molecule is [C-]#[N+]c1ccc(N(c2ccc(C#N)cc2)c2ccc(N(c3ccc(NC(=O)C=CC(=O)O)cc3)c3ccc(NC(=O)C=CC(=O)O)cc3)cc2)cc1. The van der Waals surface area contributed by atoms with Gasteiger partial charge in [-0.05, 0) is 109 Å². The first kappa shape index (κ1) is 35.3. The van der Waals surface area contributed by atoms with E-state index >= 15 is 0 Å². The number of nitrogens with one attached hydrogen (secondary N) is 2. The predicted molar refractivity (Wildman–Crippen MR) is 198 cm³/mol. The van der Waals surface area contributed by atoms with Crippen molar-refractivity contribution in [3.63, 3.8) is 0 Å². The minimum atomic E-state index is -1.24. The van der Waals surface area contributed by atoms with Crippen molar-refractivity contribution in [1.29, 1.82) is 5.26 Å². The van der Waals surface area contributed by atoms with Crippen molar-refractivity contribution in [2.45, 2.75) is 0 Å². The summed E-state index contributed by atoms with van der Waals surface area (Å²) in [4.78, 5) is 53.3. The van der Waals surface area contributed by atoms with Gasteiger partial charge in [0.25, 0.3) is 0 Å². The predicted octanol–water partition coefficient (Wildman–Crippen LogP) is 8.21. The minimum absolute atomic E-state index is 0.439. The average molecular weight is 689 g/mol. The molecule has 0 saturated heterocycles. The molecule has 254 valence electrons. The van der Waals surface area contributed by atoms with Crippen molar-refractivity contribution in [2.75, 3.05) is 20.4 Å². The fourth-order valence-corrected chi connectivity index (χ4v) is 5.06. The van der Waals surface area contributed by atoms with Gasteiger partial charge in [-0.15, -0.1) is 0 Å². The van der Waals surface area contributed by atoms with Gasteiger partial charge in [0.05, 0.1) is 18.2 Å². The maximum absolute atomic E-state index is 12.2. The maximum Gasteiger partial charge on any atom is 0.328 e. The first-order valence-electron chi connectivity index (χ1n) is 15.5. The van der Waals surface area contributed by atoms with Gasteiger partial charge in [-0.25, -0.2) is 14.4 Å². The number of carbonyl (C=O) groups excluding carboxylic acids is 2. The van der Waals surface area contributed by atoms with Crippen LogP contribution in [-0.4, -0.2) is 34.0 Å². The van der Waals surface area contributed by atoms with Crippen molar-refractivity contribution < 1.29 is 29.4 Å². The molecule has 52 heavy (non-hydrogen) atoms. The molecule has 12 nitrogen and oxygen atoms in total. The number of carboxylic acids is 2. The molecule has 0 bridgehead atoms. The fourth-order valence-electron chi connectivity index (χ4n) is 5.06. The molecule has 0 spiro atoms. The molecular weight excluding hydrogens is 660 g/mol. The van der Waals surface area contributed by atoms with Crippen LogP contribution >= 0.6 is 0 Å². The molecule has 0 saturated carbocycles. The van der Waals surface area contributed by atoms with Gasteiger partial charge in [-0.2, -0.15) is 5.26 Å². The molecule has 0 aliphatic rings. The summed E-state index contributed by atoms with van der Waals surface area (Å²) in [5.74, 6) is -3.69. The van der Waals surface area contributed by atoms with Crippen LogP contribution < -0.4 is 20.4 Å². The summed E-state index contributed by atoms with van der Waals surface area (Å²) in [5, 5.41) is 32.2. The number of rotatable bonds is 12. The largest absolute Gasteiger partial charge is 0.478 e. The van der Waals surface area contributed by atoms with E-state index < -0.39 is 23.8 Å². The Hall–Kier alpha value is -7.96. The van der Waals surface area contributed by atoms with E-state index in [1.54, 1.807) is 72.8 Å². The molecule has 0 heterocycles. The number of hydrogen-bond acceptors (Lipinski definition) is 7. The molecule has 0 fully saturated rings. The standard InChI is InChI=1S/C40H28N6O6/c1-42-28-4-12-32(13-5-28)45(31-10-2-27(26-41)3-11-31)35-18-20-36(21-19-35)46(33-14-6-29(7-15-33)43-37(47)22-24-39(49)50)34-16-8-30(9-17-34)44-38(48)23-25-40(51)52/h2-25H,(H,43,47)(H,44,48)(H,49,50)(H,51,52). The van der Waals surface area contributed by atoms with Crippen molar-refractivity contribution in [3.05, 3.63) is 163 Å². The van der Waals surface area contributed by atoms with Crippen molar-refractivity contribution in [2.24, 2.45) is 0 Å². The lowest BCUT2D eigenvalue weighted by Gasteiger charge is -2.28. The number of amides is 2. The highest BCUT2D eigenvalue weighted by atomic mass is 16.4. The highest BCUT2D eigenvalue weighted by Gasteiger charge is 2.17. The van der Waals surface area contributed by atoms with Crippen LogP contribution in [0.3, 0.4) is 0 Å². The summed E-state index contributed by atoms with van der Waals surface area (Å²) >= 11 is 0. The normalized spacial score (nSPS) is 10.6. The van der Waals surface area contributed by atoms with Gasteiger partial charge < -0.3 is 30.6 Å². The van der Waals surface area contributed by atoms with Crippen LogP contribution in [0.1, 0.15) is 5.56 Å². The molecule has 2 amide bonds. The topological polar surface area (TPSA) is 167 Å². The van der Waals surface area contributed by atoms with Crippen LogP contribution in [0.5, 0.6) is 0 Å². The Morgan fingerprint density at radius 2 is 0.846 bits per heavy atom. The van der Waals surface area contributed by atoms with E-state index in [0.717, 1.165) is 47.1 Å². The van der Waals surface area contributed by atoms with Crippen LogP contribution in [0.2, 0.25) is 0 Å².